The molecule has 1 aromatic rings. The fraction of sp³-hybridized carbons (Fsp3) is 0.412. The van der Waals surface area contributed by atoms with Gasteiger partial charge in [-0.05, 0) is 38.3 Å². The fourth-order valence-electron chi connectivity index (χ4n) is 2.66. The summed E-state index contributed by atoms with van der Waals surface area (Å²) >= 11 is 0. The highest BCUT2D eigenvalue weighted by Gasteiger charge is 2.31. The number of carbonyl (C=O) groups excluding carboxylic acids is 1. The van der Waals surface area contributed by atoms with Crippen molar-refractivity contribution in [2.24, 2.45) is 5.92 Å². The molecule has 1 aliphatic rings. The molecule has 1 heterocycles. The Morgan fingerprint density at radius 1 is 1.29 bits per heavy atom. The van der Waals surface area contributed by atoms with Crippen LogP contribution in [0.2, 0.25) is 0 Å². The molecule has 0 radical (unpaired) electrons. The predicted octanol–water partition coefficient (Wildman–Crippen LogP) is 2.72. The van der Waals surface area contributed by atoms with Crippen LogP contribution in [0, 0.1) is 12.8 Å². The van der Waals surface area contributed by atoms with E-state index in [-0.39, 0.29) is 17.9 Å². The number of piperidine rings is 1. The SMILES string of the molecule is Cc1ccc(/C=C/C(=O)N2CCC(C(=O)O)CC2C)cc1. The Kier molecular flexibility index (Phi) is 4.78. The minimum absolute atomic E-state index is 0.0324. The molecule has 0 aliphatic carbocycles. The summed E-state index contributed by atoms with van der Waals surface area (Å²) in [5, 5.41) is 9.04. The molecule has 21 heavy (non-hydrogen) atoms. The van der Waals surface area contributed by atoms with Gasteiger partial charge in [-0.15, -0.1) is 0 Å². The standard InChI is InChI=1S/C17H21NO3/c1-12-3-5-14(6-4-12)7-8-16(19)18-10-9-15(17(20)21)11-13(18)2/h3-8,13,15H,9-11H2,1-2H3,(H,20,21)/b8-7+. The average molecular weight is 287 g/mol. The van der Waals surface area contributed by atoms with Crippen LogP contribution in [-0.2, 0) is 9.59 Å². The van der Waals surface area contributed by atoms with Crippen LogP contribution in [0.1, 0.15) is 30.9 Å². The zero-order valence-corrected chi connectivity index (χ0v) is 12.5. The van der Waals surface area contributed by atoms with E-state index < -0.39 is 5.97 Å². The lowest BCUT2D eigenvalue weighted by molar-refractivity contribution is -0.146. The van der Waals surface area contributed by atoms with Gasteiger partial charge in [0, 0.05) is 18.7 Å². The van der Waals surface area contributed by atoms with E-state index in [0.29, 0.717) is 19.4 Å². The number of hydrogen-bond acceptors (Lipinski definition) is 2. The number of benzene rings is 1. The summed E-state index contributed by atoms with van der Waals surface area (Å²) < 4.78 is 0. The second-order valence-corrected chi connectivity index (χ2v) is 5.68. The molecule has 0 aromatic heterocycles. The average Bonchev–Trinajstić information content (AvgIpc) is 2.46. The van der Waals surface area contributed by atoms with Crippen LogP contribution in [0.15, 0.2) is 30.3 Å². The molecule has 1 saturated heterocycles. The second kappa shape index (κ2) is 6.57. The number of rotatable bonds is 3. The molecule has 1 aliphatic heterocycles. The number of aliphatic carboxylic acids is 1. The normalized spacial score (nSPS) is 22.5. The summed E-state index contributed by atoms with van der Waals surface area (Å²) in [7, 11) is 0. The molecule has 2 atom stereocenters. The van der Waals surface area contributed by atoms with E-state index in [1.165, 1.54) is 5.56 Å². The number of amides is 1. The number of carbonyl (C=O) groups is 2. The van der Waals surface area contributed by atoms with Gasteiger partial charge in [-0.1, -0.05) is 29.8 Å². The molecule has 0 bridgehead atoms. The minimum atomic E-state index is -0.760. The lowest BCUT2D eigenvalue weighted by Crippen LogP contribution is -2.45. The summed E-state index contributed by atoms with van der Waals surface area (Å²) in [5.41, 5.74) is 2.17. The van der Waals surface area contributed by atoms with Gasteiger partial charge in [-0.3, -0.25) is 9.59 Å². The van der Waals surface area contributed by atoms with Gasteiger partial charge in [0.25, 0.3) is 0 Å². The molecule has 0 spiro atoms. The van der Waals surface area contributed by atoms with Gasteiger partial charge < -0.3 is 10.0 Å². The molecule has 2 unspecified atom stereocenters. The number of nitrogens with zero attached hydrogens (tertiary/aromatic N) is 1. The summed E-state index contributed by atoms with van der Waals surface area (Å²) in [4.78, 5) is 25.0. The van der Waals surface area contributed by atoms with Crippen molar-refractivity contribution in [2.45, 2.75) is 32.7 Å². The first-order chi connectivity index (χ1) is 9.97. The van der Waals surface area contributed by atoms with E-state index >= 15 is 0 Å². The Morgan fingerprint density at radius 2 is 1.95 bits per heavy atom. The lowest BCUT2D eigenvalue weighted by atomic mass is 9.91. The highest BCUT2D eigenvalue weighted by atomic mass is 16.4. The molecule has 2 rings (SSSR count). The minimum Gasteiger partial charge on any atom is -0.481 e. The largest absolute Gasteiger partial charge is 0.481 e. The van der Waals surface area contributed by atoms with Crippen molar-refractivity contribution in [2.75, 3.05) is 6.54 Å². The zero-order chi connectivity index (χ0) is 15.4. The second-order valence-electron chi connectivity index (χ2n) is 5.68. The predicted molar refractivity (Wildman–Crippen MR) is 81.7 cm³/mol. The highest BCUT2D eigenvalue weighted by molar-refractivity contribution is 5.92. The lowest BCUT2D eigenvalue weighted by Gasteiger charge is -2.35. The van der Waals surface area contributed by atoms with Crippen molar-refractivity contribution in [1.82, 2.24) is 4.90 Å². The summed E-state index contributed by atoms with van der Waals surface area (Å²) in [6, 6.07) is 7.92. The first-order valence-electron chi connectivity index (χ1n) is 7.25. The Bertz CT molecular complexity index is 548. The smallest absolute Gasteiger partial charge is 0.306 e. The van der Waals surface area contributed by atoms with E-state index in [1.807, 2.05) is 38.1 Å². The molecular formula is C17H21NO3. The van der Waals surface area contributed by atoms with Crippen molar-refractivity contribution < 1.29 is 14.7 Å². The van der Waals surface area contributed by atoms with Crippen LogP contribution in [0.3, 0.4) is 0 Å². The summed E-state index contributed by atoms with van der Waals surface area (Å²) in [6.07, 6.45) is 4.43. The topological polar surface area (TPSA) is 57.6 Å². The monoisotopic (exact) mass is 287 g/mol. The molecule has 1 amide bonds. The molecule has 1 aromatic carbocycles. The third-order valence-electron chi connectivity index (χ3n) is 4.00. The zero-order valence-electron chi connectivity index (χ0n) is 12.5. The maximum absolute atomic E-state index is 12.2. The Labute approximate surface area is 125 Å². The molecular weight excluding hydrogens is 266 g/mol. The maximum Gasteiger partial charge on any atom is 0.306 e. The number of likely N-dealkylation sites (tertiary alicyclic amines) is 1. The maximum atomic E-state index is 12.2. The van der Waals surface area contributed by atoms with Gasteiger partial charge in [0.15, 0.2) is 0 Å². The van der Waals surface area contributed by atoms with Crippen molar-refractivity contribution in [1.29, 1.82) is 0 Å². The Hall–Kier alpha value is -2.10. The van der Waals surface area contributed by atoms with E-state index in [1.54, 1.807) is 17.1 Å². The van der Waals surface area contributed by atoms with E-state index in [4.69, 9.17) is 5.11 Å². The molecule has 4 heteroatoms. The van der Waals surface area contributed by atoms with E-state index in [9.17, 15) is 9.59 Å². The third kappa shape index (κ3) is 3.94. The Balaban J connectivity index is 1.97. The molecule has 4 nitrogen and oxygen atoms in total. The summed E-state index contributed by atoms with van der Waals surface area (Å²) in [6.45, 7) is 4.44. The highest BCUT2D eigenvalue weighted by Crippen LogP contribution is 2.23. The first kappa shape index (κ1) is 15.3. The van der Waals surface area contributed by atoms with Crippen molar-refractivity contribution in [3.63, 3.8) is 0 Å². The number of aryl methyl sites for hydroxylation is 1. The van der Waals surface area contributed by atoms with Crippen LogP contribution in [0.5, 0.6) is 0 Å². The van der Waals surface area contributed by atoms with Crippen LogP contribution in [-0.4, -0.2) is 34.5 Å². The van der Waals surface area contributed by atoms with Gasteiger partial charge in [0.1, 0.15) is 0 Å². The first-order valence-corrected chi connectivity index (χ1v) is 7.25. The van der Waals surface area contributed by atoms with Crippen molar-refractivity contribution >= 4 is 18.0 Å². The van der Waals surface area contributed by atoms with Gasteiger partial charge >= 0.3 is 5.97 Å². The molecule has 1 N–H and O–H groups in total. The Morgan fingerprint density at radius 3 is 2.52 bits per heavy atom. The fourth-order valence-corrected chi connectivity index (χ4v) is 2.66. The van der Waals surface area contributed by atoms with Crippen LogP contribution in [0.4, 0.5) is 0 Å². The molecule has 0 saturated carbocycles. The van der Waals surface area contributed by atoms with Gasteiger partial charge in [0.2, 0.25) is 5.91 Å². The van der Waals surface area contributed by atoms with E-state index in [2.05, 4.69) is 0 Å². The quantitative estimate of drug-likeness (QED) is 0.870. The third-order valence-corrected chi connectivity index (χ3v) is 4.00. The van der Waals surface area contributed by atoms with Gasteiger partial charge in [-0.25, -0.2) is 0 Å². The number of hydrogen-bond donors (Lipinski definition) is 1. The summed E-state index contributed by atoms with van der Waals surface area (Å²) in [5.74, 6) is -1.14. The molecule has 1 fully saturated rings. The number of carboxylic acid groups (broad SMARTS) is 1. The van der Waals surface area contributed by atoms with Gasteiger partial charge in [-0.2, -0.15) is 0 Å². The van der Waals surface area contributed by atoms with Crippen molar-refractivity contribution in [3.8, 4) is 0 Å². The van der Waals surface area contributed by atoms with Crippen LogP contribution in [0.25, 0.3) is 6.08 Å². The van der Waals surface area contributed by atoms with Gasteiger partial charge in [0.05, 0.1) is 5.92 Å². The van der Waals surface area contributed by atoms with Crippen LogP contribution < -0.4 is 0 Å². The van der Waals surface area contributed by atoms with Crippen LogP contribution >= 0.6 is 0 Å². The number of carboxylic acids is 1. The van der Waals surface area contributed by atoms with Crippen molar-refractivity contribution in [3.05, 3.63) is 41.5 Å². The van der Waals surface area contributed by atoms with E-state index in [0.717, 1.165) is 5.56 Å². The molecule has 112 valence electrons.